The van der Waals surface area contributed by atoms with E-state index < -0.39 is 29.3 Å². The lowest BCUT2D eigenvalue weighted by Gasteiger charge is -2.08. The number of H-pyrrole nitrogens is 1. The van der Waals surface area contributed by atoms with Crippen molar-refractivity contribution in [2.24, 2.45) is 0 Å². The Bertz CT molecular complexity index is 417. The number of nitrogens with one attached hydrogen (secondary N) is 1. The van der Waals surface area contributed by atoms with Gasteiger partial charge in [-0.25, -0.2) is 4.98 Å². The maximum atomic E-state index is 12.0. The summed E-state index contributed by atoms with van der Waals surface area (Å²) in [6.45, 7) is 0. The minimum Gasteiger partial charge on any atom is -0.325 e. The number of alkyl halides is 6. The van der Waals surface area contributed by atoms with Crippen LogP contribution in [0.1, 0.15) is 11.4 Å². The molecule has 0 aliphatic heterocycles. The Morgan fingerprint density at radius 1 is 1.07 bits per heavy atom. The van der Waals surface area contributed by atoms with Crippen LogP contribution in [0.5, 0.6) is 0 Å². The molecular weight excluding hydrogens is 230 g/mol. The number of halogens is 6. The standard InChI is InChI=1S/C6H2F6N2O/c7-5(8,9)2-1-13-4(15)3(14-2)6(10,11)12/h1H,(H,13,15). The van der Waals surface area contributed by atoms with E-state index in [1.165, 1.54) is 4.98 Å². The fourth-order valence-corrected chi connectivity index (χ4v) is 0.743. The molecule has 1 heterocycles. The second-order valence-electron chi connectivity index (χ2n) is 2.46. The Hall–Kier alpha value is -1.54. The van der Waals surface area contributed by atoms with Crippen molar-refractivity contribution in [2.75, 3.05) is 0 Å². The van der Waals surface area contributed by atoms with E-state index in [1.807, 2.05) is 0 Å². The van der Waals surface area contributed by atoms with Crippen molar-refractivity contribution < 1.29 is 26.3 Å². The molecule has 1 aromatic rings. The Balaban J connectivity index is 3.37. The van der Waals surface area contributed by atoms with Gasteiger partial charge in [-0.3, -0.25) is 4.79 Å². The number of aromatic nitrogens is 2. The molecule has 0 fully saturated rings. The van der Waals surface area contributed by atoms with Crippen LogP contribution >= 0.6 is 0 Å². The van der Waals surface area contributed by atoms with Gasteiger partial charge in [0.15, 0.2) is 5.69 Å². The van der Waals surface area contributed by atoms with Gasteiger partial charge in [0, 0.05) is 6.20 Å². The molecule has 3 nitrogen and oxygen atoms in total. The van der Waals surface area contributed by atoms with E-state index in [4.69, 9.17) is 0 Å². The van der Waals surface area contributed by atoms with E-state index >= 15 is 0 Å². The molecule has 0 atom stereocenters. The third kappa shape index (κ3) is 2.48. The maximum Gasteiger partial charge on any atom is 0.438 e. The highest BCUT2D eigenvalue weighted by Gasteiger charge is 2.40. The van der Waals surface area contributed by atoms with Crippen molar-refractivity contribution in [3.05, 3.63) is 27.9 Å². The summed E-state index contributed by atoms with van der Waals surface area (Å²) in [4.78, 5) is 14.1. The van der Waals surface area contributed by atoms with Gasteiger partial charge in [-0.05, 0) is 0 Å². The lowest BCUT2D eigenvalue weighted by molar-refractivity contribution is -0.151. The normalized spacial score (nSPS) is 12.9. The molecule has 0 aliphatic carbocycles. The van der Waals surface area contributed by atoms with Gasteiger partial charge in [0.2, 0.25) is 5.69 Å². The molecule has 0 radical (unpaired) electrons. The summed E-state index contributed by atoms with van der Waals surface area (Å²) in [6.07, 6.45) is -10.2. The van der Waals surface area contributed by atoms with Crippen LogP contribution in [0.4, 0.5) is 26.3 Å². The van der Waals surface area contributed by atoms with Crippen LogP contribution < -0.4 is 5.56 Å². The molecule has 0 bridgehead atoms. The molecule has 0 saturated heterocycles. The molecule has 15 heavy (non-hydrogen) atoms. The lowest BCUT2D eigenvalue weighted by Crippen LogP contribution is -2.26. The van der Waals surface area contributed by atoms with Gasteiger partial charge >= 0.3 is 12.4 Å². The van der Waals surface area contributed by atoms with Crippen LogP contribution in [0.3, 0.4) is 0 Å². The molecule has 1 aromatic heterocycles. The van der Waals surface area contributed by atoms with E-state index in [0.29, 0.717) is 0 Å². The second kappa shape index (κ2) is 3.24. The Morgan fingerprint density at radius 2 is 1.60 bits per heavy atom. The molecule has 0 unspecified atom stereocenters. The van der Waals surface area contributed by atoms with Crippen molar-refractivity contribution in [1.82, 2.24) is 9.97 Å². The molecule has 84 valence electrons. The molecule has 1 N–H and O–H groups in total. The van der Waals surface area contributed by atoms with Crippen LogP contribution in [-0.2, 0) is 12.4 Å². The monoisotopic (exact) mass is 232 g/mol. The molecular formula is C6H2F6N2O. The van der Waals surface area contributed by atoms with Crippen molar-refractivity contribution in [3.8, 4) is 0 Å². The van der Waals surface area contributed by atoms with Gasteiger partial charge in [-0.2, -0.15) is 26.3 Å². The molecule has 0 aromatic carbocycles. The van der Waals surface area contributed by atoms with Crippen LogP contribution in [-0.4, -0.2) is 9.97 Å². The molecule has 1 rings (SSSR count). The highest BCUT2D eigenvalue weighted by Crippen LogP contribution is 2.30. The summed E-state index contributed by atoms with van der Waals surface area (Å²) in [5, 5.41) is 0. The topological polar surface area (TPSA) is 45.8 Å². The summed E-state index contributed by atoms with van der Waals surface area (Å²) in [5.41, 5.74) is -5.62. The van der Waals surface area contributed by atoms with E-state index in [1.54, 1.807) is 0 Å². The zero-order valence-electron chi connectivity index (χ0n) is 6.70. The van der Waals surface area contributed by atoms with Crippen LogP contribution in [0.2, 0.25) is 0 Å². The van der Waals surface area contributed by atoms with Crippen LogP contribution in [0, 0.1) is 0 Å². The van der Waals surface area contributed by atoms with E-state index in [-0.39, 0.29) is 6.20 Å². The first-order valence-corrected chi connectivity index (χ1v) is 3.36. The first-order chi connectivity index (χ1) is 6.62. The Kier molecular flexibility index (Phi) is 2.49. The fourth-order valence-electron chi connectivity index (χ4n) is 0.743. The van der Waals surface area contributed by atoms with Crippen molar-refractivity contribution in [3.63, 3.8) is 0 Å². The van der Waals surface area contributed by atoms with Gasteiger partial charge in [0.05, 0.1) is 0 Å². The number of hydrogen-bond donors (Lipinski definition) is 1. The van der Waals surface area contributed by atoms with Crippen LogP contribution in [0.15, 0.2) is 11.0 Å². The lowest BCUT2D eigenvalue weighted by atomic mass is 10.4. The smallest absolute Gasteiger partial charge is 0.325 e. The number of rotatable bonds is 0. The van der Waals surface area contributed by atoms with Crippen molar-refractivity contribution in [2.45, 2.75) is 12.4 Å². The zero-order chi connectivity index (χ0) is 11.9. The predicted molar refractivity (Wildman–Crippen MR) is 34.9 cm³/mol. The molecule has 0 amide bonds. The minimum absolute atomic E-state index is 0.0809. The third-order valence-electron chi connectivity index (χ3n) is 1.35. The second-order valence-corrected chi connectivity index (χ2v) is 2.46. The zero-order valence-corrected chi connectivity index (χ0v) is 6.70. The SMILES string of the molecule is O=c1[nH]cc(C(F)(F)F)nc1C(F)(F)F. The first kappa shape index (κ1) is 11.5. The minimum atomic E-state index is -5.21. The van der Waals surface area contributed by atoms with Crippen LogP contribution in [0.25, 0.3) is 0 Å². The summed E-state index contributed by atoms with van der Waals surface area (Å²) in [6, 6.07) is 0. The molecule has 0 saturated carbocycles. The van der Waals surface area contributed by atoms with E-state index in [0.717, 1.165) is 0 Å². The number of nitrogens with zero attached hydrogens (tertiary/aromatic N) is 1. The molecule has 9 heteroatoms. The molecule has 0 spiro atoms. The largest absolute Gasteiger partial charge is 0.438 e. The molecule has 0 aliphatic rings. The summed E-state index contributed by atoms with van der Waals surface area (Å²) < 4.78 is 71.7. The number of hydrogen-bond acceptors (Lipinski definition) is 2. The van der Waals surface area contributed by atoms with Gasteiger partial charge in [-0.1, -0.05) is 0 Å². The van der Waals surface area contributed by atoms with Gasteiger partial charge in [0.25, 0.3) is 5.56 Å². The summed E-state index contributed by atoms with van der Waals surface area (Å²) in [5.74, 6) is 0. The van der Waals surface area contributed by atoms with Crippen molar-refractivity contribution in [1.29, 1.82) is 0 Å². The fraction of sp³-hybridized carbons (Fsp3) is 0.333. The highest BCUT2D eigenvalue weighted by atomic mass is 19.4. The Morgan fingerprint density at radius 3 is 2.00 bits per heavy atom. The van der Waals surface area contributed by atoms with Gasteiger partial charge < -0.3 is 4.98 Å². The number of aromatic amines is 1. The quantitative estimate of drug-likeness (QED) is 0.693. The van der Waals surface area contributed by atoms with E-state index in [2.05, 4.69) is 4.98 Å². The average Bonchev–Trinajstić information content (AvgIpc) is 2.00. The van der Waals surface area contributed by atoms with Gasteiger partial charge in [0.1, 0.15) is 0 Å². The highest BCUT2D eigenvalue weighted by molar-refractivity contribution is 5.09. The maximum absolute atomic E-state index is 12.0. The van der Waals surface area contributed by atoms with Crippen molar-refractivity contribution >= 4 is 0 Å². The Labute approximate surface area is 77.8 Å². The summed E-state index contributed by atoms with van der Waals surface area (Å²) in [7, 11) is 0. The summed E-state index contributed by atoms with van der Waals surface area (Å²) >= 11 is 0. The first-order valence-electron chi connectivity index (χ1n) is 3.36. The van der Waals surface area contributed by atoms with E-state index in [9.17, 15) is 31.1 Å². The third-order valence-corrected chi connectivity index (χ3v) is 1.35. The predicted octanol–water partition coefficient (Wildman–Crippen LogP) is 1.81. The van der Waals surface area contributed by atoms with Gasteiger partial charge in [-0.15, -0.1) is 0 Å². The average molecular weight is 232 g/mol.